The molecule has 0 amide bonds. The lowest BCUT2D eigenvalue weighted by Gasteiger charge is -2.55. The van der Waals surface area contributed by atoms with Gasteiger partial charge < -0.3 is 0 Å². The lowest BCUT2D eigenvalue weighted by Crippen LogP contribution is -2.43. The van der Waals surface area contributed by atoms with Gasteiger partial charge >= 0.3 is 0 Å². The third-order valence-electron chi connectivity index (χ3n) is 9.56. The molecule has 2 heterocycles. The second kappa shape index (κ2) is 9.83. The largest absolute Gasteiger partial charge is 0.192 e. The zero-order valence-corrected chi connectivity index (χ0v) is 24.8. The van der Waals surface area contributed by atoms with Crippen LogP contribution in [0.1, 0.15) is 56.1 Å². The third-order valence-corrected chi connectivity index (χ3v) is 14.8. The molecule has 194 valence electrons. The first-order chi connectivity index (χ1) is 19.5. The van der Waals surface area contributed by atoms with Crippen LogP contribution >= 0.6 is 47.0 Å². The molecule has 2 bridgehead atoms. The maximum Gasteiger partial charge on any atom is 0.137 e. The van der Waals surface area contributed by atoms with Gasteiger partial charge in [-0.1, -0.05) is 76.4 Å². The number of rotatable bonds is 2. The standard InChI is InChI=1S/C32H22N4S4/c33-15-19(16-34)23-1-2-24(20(17-35)18-36)26-12-21(11-25(23)26)31-3-6-32(7-4-31,8-5-31)22-13-27-28(14-22)40-30(39-27)29-37-9-10-38-29/h1-2,9-11,13H,3-8,12,14H2. The van der Waals surface area contributed by atoms with Crippen molar-refractivity contribution in [1.82, 2.24) is 0 Å². The Morgan fingerprint density at radius 1 is 0.650 bits per heavy atom. The minimum atomic E-state index is 0.0733. The average molecular weight is 591 g/mol. The number of benzene rings is 1. The number of hydrogen-bond acceptors (Lipinski definition) is 8. The fourth-order valence-electron chi connectivity index (χ4n) is 7.35. The Kier molecular flexibility index (Phi) is 6.38. The van der Waals surface area contributed by atoms with Crippen molar-refractivity contribution < 1.29 is 0 Å². The highest BCUT2D eigenvalue weighted by Crippen LogP contribution is 2.67. The molecule has 0 N–H and O–H groups in total. The zero-order chi connectivity index (χ0) is 27.5. The molecular formula is C32H22N4S4. The lowest BCUT2D eigenvalue weighted by molar-refractivity contribution is 0.0394. The molecule has 8 rings (SSSR count). The molecular weight excluding hydrogens is 569 g/mol. The number of hydrogen-bond donors (Lipinski definition) is 0. The van der Waals surface area contributed by atoms with Crippen LogP contribution in [0.5, 0.6) is 0 Å². The first-order valence-corrected chi connectivity index (χ1v) is 16.7. The molecule has 0 unspecified atom stereocenters. The highest BCUT2D eigenvalue weighted by atomic mass is 32.2. The van der Waals surface area contributed by atoms with E-state index in [-0.39, 0.29) is 16.6 Å². The van der Waals surface area contributed by atoms with E-state index in [9.17, 15) is 21.0 Å². The van der Waals surface area contributed by atoms with Crippen LogP contribution in [0.15, 0.2) is 58.5 Å². The Bertz CT molecular complexity index is 1790. The van der Waals surface area contributed by atoms with Crippen molar-refractivity contribution in [2.75, 3.05) is 0 Å². The van der Waals surface area contributed by atoms with Crippen LogP contribution < -0.4 is 10.4 Å². The fraction of sp³-hybridized carbons (Fsp3) is 0.312. The summed E-state index contributed by atoms with van der Waals surface area (Å²) in [5, 5.41) is 44.0. The smallest absolute Gasteiger partial charge is 0.137 e. The molecule has 1 aromatic carbocycles. The molecule has 7 aliphatic rings. The van der Waals surface area contributed by atoms with Crippen molar-refractivity contribution in [3.8, 4) is 24.3 Å². The Morgan fingerprint density at radius 3 is 1.77 bits per heavy atom. The van der Waals surface area contributed by atoms with E-state index in [4.69, 9.17) is 0 Å². The Balaban J connectivity index is 1.17. The molecule has 0 spiro atoms. The predicted molar refractivity (Wildman–Crippen MR) is 165 cm³/mol. The van der Waals surface area contributed by atoms with Crippen molar-refractivity contribution in [2.24, 2.45) is 10.8 Å². The minimum absolute atomic E-state index is 0.0733. The summed E-state index contributed by atoms with van der Waals surface area (Å²) in [6.45, 7) is 0. The van der Waals surface area contributed by atoms with Crippen LogP contribution in [0, 0.1) is 56.2 Å². The van der Waals surface area contributed by atoms with Gasteiger partial charge in [0.25, 0.3) is 0 Å². The van der Waals surface area contributed by atoms with Crippen LogP contribution in [-0.4, -0.2) is 0 Å². The number of allylic oxidation sites excluding steroid dienone is 4. The predicted octanol–water partition coefficient (Wildman–Crippen LogP) is 7.46. The van der Waals surface area contributed by atoms with Gasteiger partial charge in [-0.05, 0) is 83.8 Å². The van der Waals surface area contributed by atoms with E-state index in [0.717, 1.165) is 36.8 Å². The average Bonchev–Trinajstić information content (AvgIpc) is 3.79. The quantitative estimate of drug-likeness (QED) is 0.350. The molecule has 40 heavy (non-hydrogen) atoms. The number of thioether (sulfide) groups is 4. The number of fused-ring (bicyclic) bond motifs is 4. The zero-order valence-electron chi connectivity index (χ0n) is 21.5. The highest BCUT2D eigenvalue weighted by molar-refractivity contribution is 8.33. The molecule has 4 nitrogen and oxygen atoms in total. The van der Waals surface area contributed by atoms with Crippen LogP contribution in [0.3, 0.4) is 0 Å². The van der Waals surface area contributed by atoms with Crippen molar-refractivity contribution in [3.05, 3.63) is 80.0 Å². The summed E-state index contributed by atoms with van der Waals surface area (Å²) in [6, 6.07) is 11.6. The second-order valence-corrected chi connectivity index (χ2v) is 15.6. The Morgan fingerprint density at radius 2 is 1.20 bits per heavy atom. The summed E-state index contributed by atoms with van der Waals surface area (Å²) in [6.07, 6.45) is 13.4. The number of nitriles is 4. The van der Waals surface area contributed by atoms with Crippen LogP contribution in [0.25, 0.3) is 17.2 Å². The van der Waals surface area contributed by atoms with E-state index >= 15 is 0 Å². The summed E-state index contributed by atoms with van der Waals surface area (Å²) in [4.78, 5) is 3.00. The topological polar surface area (TPSA) is 95.2 Å². The van der Waals surface area contributed by atoms with E-state index in [0.29, 0.717) is 22.3 Å². The van der Waals surface area contributed by atoms with Crippen molar-refractivity contribution >= 4 is 64.3 Å². The third kappa shape index (κ3) is 3.89. The SMILES string of the molecule is N#CC(C#N)=c1ccc(=C(C#N)C#N)c2c1C=C(C13CCC(C4=CC5=C(C4)SC(=C4SC=CS4)S5)(CC1)CC3)C2. The maximum absolute atomic E-state index is 9.61. The van der Waals surface area contributed by atoms with E-state index in [1.807, 2.05) is 71.3 Å². The molecule has 1 aromatic rings. The van der Waals surface area contributed by atoms with Gasteiger partial charge in [0.1, 0.15) is 35.4 Å². The minimum Gasteiger partial charge on any atom is -0.192 e. The molecule has 8 heteroatoms. The highest BCUT2D eigenvalue weighted by Gasteiger charge is 2.53. The summed E-state index contributed by atoms with van der Waals surface area (Å²) in [7, 11) is 0. The van der Waals surface area contributed by atoms with Gasteiger partial charge in [0.15, 0.2) is 0 Å². The Labute approximate surface area is 250 Å². The van der Waals surface area contributed by atoms with Gasteiger partial charge in [-0.25, -0.2) is 0 Å². The molecule has 5 aliphatic carbocycles. The molecule has 3 fully saturated rings. The van der Waals surface area contributed by atoms with Gasteiger partial charge in [0.05, 0.1) is 8.47 Å². The lowest BCUT2D eigenvalue weighted by atomic mass is 9.49. The van der Waals surface area contributed by atoms with Gasteiger partial charge in [0.2, 0.25) is 0 Å². The maximum atomic E-state index is 9.61. The van der Waals surface area contributed by atoms with Gasteiger partial charge in [-0.15, -0.1) is 0 Å². The molecule has 0 radical (unpaired) electrons. The summed E-state index contributed by atoms with van der Waals surface area (Å²) < 4.78 is 2.86. The first-order valence-electron chi connectivity index (χ1n) is 13.3. The monoisotopic (exact) mass is 590 g/mol. The van der Waals surface area contributed by atoms with Crippen LogP contribution in [0.2, 0.25) is 0 Å². The van der Waals surface area contributed by atoms with E-state index in [2.05, 4.69) is 23.0 Å². The molecule has 3 saturated carbocycles. The van der Waals surface area contributed by atoms with E-state index in [1.54, 1.807) is 17.7 Å². The summed E-state index contributed by atoms with van der Waals surface area (Å²) >= 11 is 7.61. The van der Waals surface area contributed by atoms with Crippen LogP contribution in [0.4, 0.5) is 0 Å². The van der Waals surface area contributed by atoms with E-state index in [1.165, 1.54) is 43.1 Å². The Hall–Kier alpha value is -2.98. The van der Waals surface area contributed by atoms with E-state index < -0.39 is 0 Å². The van der Waals surface area contributed by atoms with Crippen LogP contribution in [-0.2, 0) is 6.42 Å². The summed E-state index contributed by atoms with van der Waals surface area (Å²) in [5.74, 6) is 0. The van der Waals surface area contributed by atoms with Crippen molar-refractivity contribution in [2.45, 2.75) is 51.4 Å². The van der Waals surface area contributed by atoms with Gasteiger partial charge in [0, 0.05) is 26.7 Å². The molecule has 2 aliphatic heterocycles. The number of nitrogens with zero attached hydrogens (tertiary/aromatic N) is 4. The van der Waals surface area contributed by atoms with Gasteiger partial charge in [-0.3, -0.25) is 0 Å². The summed E-state index contributed by atoms with van der Waals surface area (Å²) in [5.41, 5.74) is 5.30. The molecule has 0 saturated heterocycles. The molecule has 0 atom stereocenters. The molecule has 0 aromatic heterocycles. The van der Waals surface area contributed by atoms with Gasteiger partial charge in [-0.2, -0.15) is 21.0 Å². The first kappa shape index (κ1) is 26.0. The second-order valence-electron chi connectivity index (χ2n) is 11.1. The van der Waals surface area contributed by atoms with Crippen molar-refractivity contribution in [3.63, 3.8) is 0 Å². The fourth-order valence-corrected chi connectivity index (χ4v) is 12.2. The van der Waals surface area contributed by atoms with Crippen molar-refractivity contribution in [1.29, 1.82) is 21.0 Å². The normalized spacial score (nSPS) is 27.4.